The Morgan fingerprint density at radius 1 is 0.895 bits per heavy atom. The molecule has 2 rings (SSSR count). The van der Waals surface area contributed by atoms with E-state index in [0.717, 1.165) is 18.2 Å². The largest absolute Gasteiger partial charge is 0.288 e. The lowest BCUT2D eigenvalue weighted by Gasteiger charge is -2.06. The molecule has 0 fully saturated rings. The fraction of sp³-hybridized carbons (Fsp3) is 0.133. The normalized spacial score (nSPS) is 10.6. The summed E-state index contributed by atoms with van der Waals surface area (Å²) in [5.41, 5.74) is 0.258. The minimum absolute atomic E-state index is 0.000321. The van der Waals surface area contributed by atoms with Crippen molar-refractivity contribution < 1.29 is 18.0 Å². The van der Waals surface area contributed by atoms with Crippen LogP contribution in [0.5, 0.6) is 0 Å². The number of benzene rings is 2. The number of hydrogen-bond donors (Lipinski definition) is 0. The molecule has 0 atom stereocenters. The van der Waals surface area contributed by atoms with Gasteiger partial charge in [-0.05, 0) is 55.3 Å². The third-order valence-corrected chi connectivity index (χ3v) is 2.80. The number of aryl methyl sites for hydroxylation is 2. The van der Waals surface area contributed by atoms with Crippen LogP contribution in [0.25, 0.3) is 0 Å². The Labute approximate surface area is 108 Å². The Morgan fingerprint density at radius 2 is 1.58 bits per heavy atom. The number of hydrogen-bond acceptors (Lipinski definition) is 1. The van der Waals surface area contributed by atoms with E-state index in [1.54, 1.807) is 6.92 Å². The molecule has 0 aliphatic carbocycles. The first-order chi connectivity index (χ1) is 8.88. The van der Waals surface area contributed by atoms with Crippen LogP contribution in [0, 0.1) is 31.3 Å². The smallest absolute Gasteiger partial charge is 0.196 e. The van der Waals surface area contributed by atoms with Crippen LogP contribution in [0.15, 0.2) is 30.3 Å². The highest BCUT2D eigenvalue weighted by Crippen LogP contribution is 2.19. The molecule has 98 valence electrons. The first-order valence-corrected chi connectivity index (χ1v) is 5.66. The molecule has 0 heterocycles. The summed E-state index contributed by atoms with van der Waals surface area (Å²) < 4.78 is 40.3. The summed E-state index contributed by atoms with van der Waals surface area (Å²) in [6.45, 7) is 3.02. The highest BCUT2D eigenvalue weighted by atomic mass is 19.1. The SMILES string of the molecule is Cc1cc(F)cc(C(=O)c2cc(F)c(C)cc2F)c1. The van der Waals surface area contributed by atoms with Crippen molar-refractivity contribution in [3.05, 3.63) is 70.0 Å². The Bertz CT molecular complexity index is 642. The Hall–Kier alpha value is -2.10. The van der Waals surface area contributed by atoms with Gasteiger partial charge < -0.3 is 0 Å². The van der Waals surface area contributed by atoms with Crippen LogP contribution < -0.4 is 0 Å². The van der Waals surface area contributed by atoms with Crippen LogP contribution in [0.4, 0.5) is 13.2 Å². The predicted octanol–water partition coefficient (Wildman–Crippen LogP) is 3.95. The molecule has 2 aromatic rings. The van der Waals surface area contributed by atoms with Gasteiger partial charge in [-0.15, -0.1) is 0 Å². The van der Waals surface area contributed by atoms with Gasteiger partial charge >= 0.3 is 0 Å². The van der Waals surface area contributed by atoms with Crippen LogP contribution in [0.3, 0.4) is 0 Å². The van der Waals surface area contributed by atoms with Gasteiger partial charge in [-0.25, -0.2) is 13.2 Å². The monoisotopic (exact) mass is 264 g/mol. The average Bonchev–Trinajstić information content (AvgIpc) is 2.31. The van der Waals surface area contributed by atoms with Crippen molar-refractivity contribution in [1.82, 2.24) is 0 Å². The molecule has 0 aliphatic heterocycles. The van der Waals surface area contributed by atoms with Gasteiger partial charge in [0.1, 0.15) is 17.5 Å². The van der Waals surface area contributed by atoms with Gasteiger partial charge in [-0.3, -0.25) is 4.79 Å². The summed E-state index contributed by atoms with van der Waals surface area (Å²) in [6.07, 6.45) is 0. The summed E-state index contributed by atoms with van der Waals surface area (Å²) in [4.78, 5) is 12.1. The number of carbonyl (C=O) groups is 1. The maximum atomic E-state index is 13.7. The van der Waals surface area contributed by atoms with E-state index >= 15 is 0 Å². The molecule has 1 nitrogen and oxygen atoms in total. The highest BCUT2D eigenvalue weighted by molar-refractivity contribution is 6.09. The number of rotatable bonds is 2. The fourth-order valence-corrected chi connectivity index (χ4v) is 1.84. The van der Waals surface area contributed by atoms with E-state index < -0.39 is 28.8 Å². The molecule has 0 spiro atoms. The second kappa shape index (κ2) is 4.88. The molecule has 0 saturated heterocycles. The molecule has 4 heteroatoms. The average molecular weight is 264 g/mol. The predicted molar refractivity (Wildman–Crippen MR) is 65.7 cm³/mol. The topological polar surface area (TPSA) is 17.1 Å². The van der Waals surface area contributed by atoms with E-state index in [1.807, 2.05) is 0 Å². The maximum absolute atomic E-state index is 13.7. The van der Waals surface area contributed by atoms with Crippen LogP contribution in [-0.2, 0) is 0 Å². The molecule has 0 aromatic heterocycles. The zero-order valence-corrected chi connectivity index (χ0v) is 10.4. The molecule has 0 N–H and O–H groups in total. The molecule has 0 amide bonds. The van der Waals surface area contributed by atoms with Gasteiger partial charge in [-0.2, -0.15) is 0 Å². The van der Waals surface area contributed by atoms with Crippen molar-refractivity contribution in [3.63, 3.8) is 0 Å². The second-order valence-corrected chi connectivity index (χ2v) is 4.43. The van der Waals surface area contributed by atoms with E-state index in [2.05, 4.69) is 0 Å². The quantitative estimate of drug-likeness (QED) is 0.750. The molecule has 19 heavy (non-hydrogen) atoms. The van der Waals surface area contributed by atoms with Crippen molar-refractivity contribution in [2.75, 3.05) is 0 Å². The van der Waals surface area contributed by atoms with Crippen molar-refractivity contribution in [3.8, 4) is 0 Å². The molecule has 0 aliphatic rings. The fourth-order valence-electron chi connectivity index (χ4n) is 1.84. The van der Waals surface area contributed by atoms with E-state index in [-0.39, 0.29) is 11.1 Å². The van der Waals surface area contributed by atoms with Gasteiger partial charge in [-0.1, -0.05) is 0 Å². The molecule has 0 unspecified atom stereocenters. The number of halogens is 3. The van der Waals surface area contributed by atoms with Gasteiger partial charge in [0.2, 0.25) is 0 Å². The third kappa shape index (κ3) is 2.67. The molecule has 0 bridgehead atoms. The summed E-state index contributed by atoms with van der Waals surface area (Å²) in [5.74, 6) is -2.81. The van der Waals surface area contributed by atoms with E-state index in [0.29, 0.717) is 5.56 Å². The molecule has 2 aromatic carbocycles. The van der Waals surface area contributed by atoms with Crippen LogP contribution in [0.2, 0.25) is 0 Å². The zero-order valence-electron chi connectivity index (χ0n) is 10.4. The number of ketones is 1. The minimum Gasteiger partial charge on any atom is -0.288 e. The van der Waals surface area contributed by atoms with Crippen molar-refractivity contribution in [1.29, 1.82) is 0 Å². The van der Waals surface area contributed by atoms with E-state index in [4.69, 9.17) is 0 Å². The van der Waals surface area contributed by atoms with Crippen molar-refractivity contribution in [2.45, 2.75) is 13.8 Å². The summed E-state index contributed by atoms with van der Waals surface area (Å²) in [6, 6.07) is 5.49. The first kappa shape index (κ1) is 13.3. The first-order valence-electron chi connectivity index (χ1n) is 5.66. The van der Waals surface area contributed by atoms with Gasteiger partial charge in [0.25, 0.3) is 0 Å². The molecule has 0 radical (unpaired) electrons. The summed E-state index contributed by atoms with van der Waals surface area (Å²) in [5, 5.41) is 0. The van der Waals surface area contributed by atoms with E-state index in [9.17, 15) is 18.0 Å². The lowest BCUT2D eigenvalue weighted by atomic mass is 10.00. The maximum Gasteiger partial charge on any atom is 0.196 e. The van der Waals surface area contributed by atoms with Gasteiger partial charge in [0.15, 0.2) is 5.78 Å². The second-order valence-electron chi connectivity index (χ2n) is 4.43. The lowest BCUT2D eigenvalue weighted by Crippen LogP contribution is -2.06. The Morgan fingerprint density at radius 3 is 2.21 bits per heavy atom. The summed E-state index contributed by atoms with van der Waals surface area (Å²) >= 11 is 0. The summed E-state index contributed by atoms with van der Waals surface area (Å²) in [7, 11) is 0. The molecular weight excluding hydrogens is 253 g/mol. The van der Waals surface area contributed by atoms with Crippen LogP contribution in [0.1, 0.15) is 27.0 Å². The van der Waals surface area contributed by atoms with Gasteiger partial charge in [0.05, 0.1) is 5.56 Å². The van der Waals surface area contributed by atoms with Crippen molar-refractivity contribution in [2.24, 2.45) is 0 Å². The van der Waals surface area contributed by atoms with Crippen molar-refractivity contribution >= 4 is 5.78 Å². The van der Waals surface area contributed by atoms with Crippen LogP contribution >= 0.6 is 0 Å². The molecule has 0 saturated carbocycles. The molecular formula is C15H11F3O. The standard InChI is InChI=1S/C15H11F3O/c1-8-3-10(6-11(16)4-8)15(19)12-7-13(17)9(2)5-14(12)18/h3-7H,1-2H3. The zero-order chi connectivity index (χ0) is 14.2. The minimum atomic E-state index is -0.814. The Balaban J connectivity index is 2.53. The third-order valence-electron chi connectivity index (χ3n) is 2.80. The number of carbonyl (C=O) groups excluding carboxylic acids is 1. The van der Waals surface area contributed by atoms with E-state index in [1.165, 1.54) is 19.1 Å². The Kier molecular flexibility index (Phi) is 3.42. The lowest BCUT2D eigenvalue weighted by molar-refractivity contribution is 0.103. The highest BCUT2D eigenvalue weighted by Gasteiger charge is 2.17. The van der Waals surface area contributed by atoms with Gasteiger partial charge in [0, 0.05) is 5.56 Å². The van der Waals surface area contributed by atoms with Crippen LogP contribution in [-0.4, -0.2) is 5.78 Å².